The van der Waals surface area contributed by atoms with E-state index in [4.69, 9.17) is 0 Å². The first-order valence-electron chi connectivity index (χ1n) is 7.30. The molecule has 0 aromatic heterocycles. The van der Waals surface area contributed by atoms with Crippen LogP contribution in [0.25, 0.3) is 0 Å². The molecule has 0 aliphatic rings. The van der Waals surface area contributed by atoms with Gasteiger partial charge in [-0.05, 0) is 45.0 Å². The smallest absolute Gasteiger partial charge is 0.341 e. The standard InChI is InChI=1S/C15H20F2N2O4S/c1-4-19(9-13(20)18-10(2)3)14(21)11-5-7-12(8-6-11)24(22,23)15(16)17/h5-8,10,15H,4,9H2,1-3H3,(H,18,20). The Labute approximate surface area is 139 Å². The van der Waals surface area contributed by atoms with Crippen LogP contribution >= 0.6 is 0 Å². The van der Waals surface area contributed by atoms with E-state index in [0.717, 1.165) is 24.3 Å². The molecule has 0 aliphatic carbocycles. The molecule has 1 aromatic carbocycles. The lowest BCUT2D eigenvalue weighted by Gasteiger charge is -2.21. The van der Waals surface area contributed by atoms with E-state index in [2.05, 4.69) is 5.32 Å². The fourth-order valence-corrected chi connectivity index (χ4v) is 2.66. The maximum atomic E-state index is 12.5. The molecule has 0 unspecified atom stereocenters. The lowest BCUT2D eigenvalue weighted by Crippen LogP contribution is -2.42. The van der Waals surface area contributed by atoms with Gasteiger partial charge < -0.3 is 10.2 Å². The second kappa shape index (κ2) is 8.18. The predicted octanol–water partition coefficient (Wildman–Crippen LogP) is 1.67. The summed E-state index contributed by atoms with van der Waals surface area (Å²) in [6.45, 7) is 5.39. The van der Waals surface area contributed by atoms with E-state index >= 15 is 0 Å². The van der Waals surface area contributed by atoms with Crippen molar-refractivity contribution in [3.8, 4) is 0 Å². The molecule has 0 atom stereocenters. The Balaban J connectivity index is 2.92. The van der Waals surface area contributed by atoms with E-state index < -0.39 is 26.4 Å². The summed E-state index contributed by atoms with van der Waals surface area (Å²) in [7, 11) is -4.70. The highest BCUT2D eigenvalue weighted by atomic mass is 32.2. The Hall–Kier alpha value is -2.03. The topological polar surface area (TPSA) is 83.6 Å². The van der Waals surface area contributed by atoms with Crippen LogP contribution in [0.3, 0.4) is 0 Å². The van der Waals surface area contributed by atoms with Crippen LogP contribution in [0.5, 0.6) is 0 Å². The van der Waals surface area contributed by atoms with Crippen molar-refractivity contribution in [2.24, 2.45) is 0 Å². The number of hydrogen-bond acceptors (Lipinski definition) is 4. The normalized spacial score (nSPS) is 11.6. The molecular weight excluding hydrogens is 342 g/mol. The van der Waals surface area contributed by atoms with Gasteiger partial charge in [0.25, 0.3) is 5.91 Å². The summed E-state index contributed by atoms with van der Waals surface area (Å²) in [6, 6.07) is 4.15. The van der Waals surface area contributed by atoms with Crippen molar-refractivity contribution in [1.82, 2.24) is 10.2 Å². The molecule has 6 nitrogen and oxygen atoms in total. The van der Waals surface area contributed by atoms with Crippen LogP contribution in [0, 0.1) is 0 Å². The zero-order chi connectivity index (χ0) is 18.5. The maximum Gasteiger partial charge on any atom is 0.341 e. The lowest BCUT2D eigenvalue weighted by molar-refractivity contribution is -0.122. The fraction of sp³-hybridized carbons (Fsp3) is 0.467. The number of rotatable bonds is 7. The largest absolute Gasteiger partial charge is 0.352 e. The van der Waals surface area contributed by atoms with Gasteiger partial charge in [0.1, 0.15) is 0 Å². The van der Waals surface area contributed by atoms with Gasteiger partial charge in [0.15, 0.2) is 0 Å². The molecule has 0 saturated heterocycles. The van der Waals surface area contributed by atoms with E-state index in [9.17, 15) is 26.8 Å². The zero-order valence-electron chi connectivity index (χ0n) is 13.6. The average molecular weight is 362 g/mol. The first-order valence-corrected chi connectivity index (χ1v) is 8.85. The fourth-order valence-electron chi connectivity index (χ4n) is 1.94. The number of nitrogens with zero attached hydrogens (tertiary/aromatic N) is 1. The molecular formula is C15H20F2N2O4S. The van der Waals surface area contributed by atoms with Crippen LogP contribution < -0.4 is 5.32 Å². The van der Waals surface area contributed by atoms with Crippen LogP contribution in [0.2, 0.25) is 0 Å². The molecule has 24 heavy (non-hydrogen) atoms. The van der Waals surface area contributed by atoms with Gasteiger partial charge in [0.05, 0.1) is 11.4 Å². The average Bonchev–Trinajstić information content (AvgIpc) is 2.51. The highest BCUT2D eigenvalue weighted by Crippen LogP contribution is 2.19. The Morgan fingerprint density at radius 3 is 2.12 bits per heavy atom. The quantitative estimate of drug-likeness (QED) is 0.800. The number of amides is 2. The molecule has 0 aliphatic heterocycles. The van der Waals surface area contributed by atoms with Gasteiger partial charge in [-0.25, -0.2) is 8.42 Å². The van der Waals surface area contributed by atoms with Crippen LogP contribution in [0.15, 0.2) is 29.2 Å². The van der Waals surface area contributed by atoms with Gasteiger partial charge >= 0.3 is 5.76 Å². The molecule has 9 heteroatoms. The highest BCUT2D eigenvalue weighted by molar-refractivity contribution is 7.91. The lowest BCUT2D eigenvalue weighted by atomic mass is 10.2. The van der Waals surface area contributed by atoms with Crippen molar-refractivity contribution >= 4 is 21.7 Å². The van der Waals surface area contributed by atoms with Gasteiger partial charge in [-0.1, -0.05) is 0 Å². The Bertz CT molecular complexity index is 688. The third-order valence-electron chi connectivity index (χ3n) is 3.12. The zero-order valence-corrected chi connectivity index (χ0v) is 14.4. The Morgan fingerprint density at radius 2 is 1.71 bits per heavy atom. The van der Waals surface area contributed by atoms with Gasteiger partial charge in [0, 0.05) is 18.2 Å². The molecule has 1 N–H and O–H groups in total. The van der Waals surface area contributed by atoms with Crippen molar-refractivity contribution in [2.45, 2.75) is 37.5 Å². The summed E-state index contributed by atoms with van der Waals surface area (Å²) < 4.78 is 47.7. The Morgan fingerprint density at radius 1 is 1.17 bits per heavy atom. The molecule has 2 amide bonds. The van der Waals surface area contributed by atoms with Crippen LogP contribution in [0.4, 0.5) is 8.78 Å². The minimum absolute atomic E-state index is 0.0647. The molecule has 0 heterocycles. The van der Waals surface area contributed by atoms with Crippen LogP contribution in [-0.2, 0) is 14.6 Å². The SMILES string of the molecule is CCN(CC(=O)NC(C)C)C(=O)c1ccc(S(=O)(=O)C(F)F)cc1. The maximum absolute atomic E-state index is 12.5. The number of benzene rings is 1. The van der Waals surface area contributed by atoms with Gasteiger partial charge in [-0.15, -0.1) is 0 Å². The van der Waals surface area contributed by atoms with E-state index in [0.29, 0.717) is 0 Å². The minimum atomic E-state index is -4.70. The summed E-state index contributed by atoms with van der Waals surface area (Å²) in [4.78, 5) is 24.8. The molecule has 1 rings (SSSR count). The van der Waals surface area contributed by atoms with Crippen molar-refractivity contribution < 1.29 is 26.8 Å². The minimum Gasteiger partial charge on any atom is -0.352 e. The number of nitrogens with one attached hydrogen (secondary N) is 1. The number of carbonyl (C=O) groups excluding carboxylic acids is 2. The first-order chi connectivity index (χ1) is 11.1. The van der Waals surface area contributed by atoms with Crippen molar-refractivity contribution in [3.63, 3.8) is 0 Å². The third kappa shape index (κ3) is 4.98. The number of halogens is 2. The van der Waals surface area contributed by atoms with Gasteiger partial charge in [-0.3, -0.25) is 9.59 Å². The van der Waals surface area contributed by atoms with Gasteiger partial charge in [-0.2, -0.15) is 8.78 Å². The van der Waals surface area contributed by atoms with E-state index in [1.165, 1.54) is 4.90 Å². The second-order valence-electron chi connectivity index (χ2n) is 5.37. The molecule has 0 fully saturated rings. The summed E-state index contributed by atoms with van der Waals surface area (Å²) in [5.41, 5.74) is 0.113. The van der Waals surface area contributed by atoms with Crippen molar-refractivity contribution in [3.05, 3.63) is 29.8 Å². The van der Waals surface area contributed by atoms with E-state index in [1.54, 1.807) is 20.8 Å². The van der Waals surface area contributed by atoms with Crippen molar-refractivity contribution in [2.75, 3.05) is 13.1 Å². The van der Waals surface area contributed by atoms with Crippen LogP contribution in [-0.4, -0.2) is 50.0 Å². The monoisotopic (exact) mass is 362 g/mol. The third-order valence-corrected chi connectivity index (χ3v) is 4.52. The number of likely N-dealkylation sites (N-methyl/N-ethyl adjacent to an activating group) is 1. The summed E-state index contributed by atoms with van der Waals surface area (Å²) in [5, 5.41) is 2.66. The molecule has 0 radical (unpaired) electrons. The highest BCUT2D eigenvalue weighted by Gasteiger charge is 2.27. The van der Waals surface area contributed by atoms with E-state index in [-0.39, 0.29) is 30.6 Å². The van der Waals surface area contributed by atoms with Crippen molar-refractivity contribution in [1.29, 1.82) is 0 Å². The predicted molar refractivity (Wildman–Crippen MR) is 84.5 cm³/mol. The summed E-state index contributed by atoms with van der Waals surface area (Å²) >= 11 is 0. The van der Waals surface area contributed by atoms with Crippen LogP contribution in [0.1, 0.15) is 31.1 Å². The van der Waals surface area contributed by atoms with E-state index in [1.807, 2.05) is 0 Å². The molecule has 134 valence electrons. The van der Waals surface area contributed by atoms with Gasteiger partial charge in [0.2, 0.25) is 15.7 Å². The number of sulfone groups is 1. The summed E-state index contributed by atoms with van der Waals surface area (Å²) in [5.74, 6) is -4.33. The molecule has 0 bridgehead atoms. The number of alkyl halides is 2. The first kappa shape index (κ1) is 20.0. The summed E-state index contributed by atoms with van der Waals surface area (Å²) in [6.07, 6.45) is 0. The number of hydrogen-bond donors (Lipinski definition) is 1. The second-order valence-corrected chi connectivity index (χ2v) is 7.29. The number of carbonyl (C=O) groups is 2. The molecule has 1 aromatic rings. The Kier molecular flexibility index (Phi) is 6.82. The molecule has 0 saturated carbocycles. The molecule has 0 spiro atoms.